The number of piperidine rings is 1. The number of halogens is 2. The van der Waals surface area contributed by atoms with Crippen molar-refractivity contribution in [1.29, 1.82) is 0 Å². The van der Waals surface area contributed by atoms with E-state index in [0.717, 1.165) is 56.6 Å². The van der Waals surface area contributed by atoms with Gasteiger partial charge in [0.25, 0.3) is 11.8 Å². The number of amides is 2. The number of rotatable bonds is 8. The fourth-order valence-electron chi connectivity index (χ4n) is 6.92. The second-order valence-electron chi connectivity index (χ2n) is 12.0. The van der Waals surface area contributed by atoms with E-state index >= 15 is 4.39 Å². The van der Waals surface area contributed by atoms with Gasteiger partial charge in [0.1, 0.15) is 12.0 Å². The van der Waals surface area contributed by atoms with Crippen molar-refractivity contribution >= 4 is 28.3 Å². The zero-order valence-electron chi connectivity index (χ0n) is 24.5. The molecular formula is C33H34F2N6O2S. The summed E-state index contributed by atoms with van der Waals surface area (Å²) < 4.78 is 31.1. The van der Waals surface area contributed by atoms with E-state index in [4.69, 9.17) is 0 Å². The zero-order valence-corrected chi connectivity index (χ0v) is 25.3. The van der Waals surface area contributed by atoms with Crippen LogP contribution in [0.2, 0.25) is 0 Å². The third-order valence-corrected chi connectivity index (χ3v) is 9.79. The first-order valence-electron chi connectivity index (χ1n) is 15.2. The van der Waals surface area contributed by atoms with Gasteiger partial charge in [0, 0.05) is 41.5 Å². The van der Waals surface area contributed by atoms with Crippen LogP contribution in [-0.2, 0) is 24.3 Å². The van der Waals surface area contributed by atoms with Gasteiger partial charge < -0.3 is 14.4 Å². The van der Waals surface area contributed by atoms with Gasteiger partial charge in [-0.05, 0) is 80.4 Å². The Morgan fingerprint density at radius 3 is 2.64 bits per heavy atom. The second-order valence-corrected chi connectivity index (χ2v) is 12.9. The summed E-state index contributed by atoms with van der Waals surface area (Å²) in [5.41, 5.74) is 4.65. The number of hydrogen-bond donors (Lipinski definition) is 1. The van der Waals surface area contributed by atoms with E-state index in [2.05, 4.69) is 32.3 Å². The molecule has 11 heteroatoms. The molecule has 2 aromatic heterocycles. The molecule has 0 aliphatic carbocycles. The van der Waals surface area contributed by atoms with Gasteiger partial charge in [-0.2, -0.15) is 0 Å². The molecule has 1 saturated heterocycles. The Morgan fingerprint density at radius 1 is 1.11 bits per heavy atom. The molecule has 3 aliphatic heterocycles. The van der Waals surface area contributed by atoms with Gasteiger partial charge in [-0.1, -0.05) is 24.3 Å². The molecular weight excluding hydrogens is 582 g/mol. The summed E-state index contributed by atoms with van der Waals surface area (Å²) in [7, 11) is 0. The van der Waals surface area contributed by atoms with Crippen LogP contribution in [0.4, 0.5) is 13.9 Å². The lowest BCUT2D eigenvalue weighted by Gasteiger charge is -2.32. The molecule has 0 bridgehead atoms. The number of nitrogens with zero attached hydrogens (tertiary/aromatic N) is 5. The molecule has 8 nitrogen and oxygen atoms in total. The number of likely N-dealkylation sites (tertiary alicyclic amines) is 1. The zero-order chi connectivity index (χ0) is 30.4. The molecule has 228 valence electrons. The third-order valence-electron chi connectivity index (χ3n) is 9.10. The molecule has 3 aliphatic rings. The van der Waals surface area contributed by atoms with E-state index in [-0.39, 0.29) is 17.7 Å². The molecule has 0 radical (unpaired) electrons. The number of aryl methyl sites for hydroxylation is 1. The standard InChI is InChI=1S/C33H34F2N6O2S/c1-20(34)17-39-12-8-23(9-13-39)21-4-6-22(7-5-21)24-15-25-26(27(35)16-24)18-41(32(25)43)30(31(42)38-33-36-10-14-44-33)29-28-3-2-11-40(28)19-37-29/h4-7,10,14-16,19-20,23,30H,2-3,8-9,11-13,17-18H2,1H3,(H,36,38,42). The van der Waals surface area contributed by atoms with E-state index in [1.54, 1.807) is 30.9 Å². The summed E-state index contributed by atoms with van der Waals surface area (Å²) in [6.45, 7) is 4.61. The largest absolute Gasteiger partial charge is 0.334 e. The molecule has 2 atom stereocenters. The summed E-state index contributed by atoms with van der Waals surface area (Å²) in [6, 6.07) is 10.3. The van der Waals surface area contributed by atoms with Gasteiger partial charge in [0.2, 0.25) is 0 Å². The number of alkyl halides is 1. The van der Waals surface area contributed by atoms with Gasteiger partial charge in [0.05, 0.1) is 18.6 Å². The number of thiazole rings is 1. The van der Waals surface area contributed by atoms with Crippen molar-refractivity contribution in [3.63, 3.8) is 0 Å². The number of aromatic nitrogens is 3. The molecule has 2 unspecified atom stereocenters. The average molecular weight is 617 g/mol. The Morgan fingerprint density at radius 2 is 1.91 bits per heavy atom. The third kappa shape index (κ3) is 5.43. The Kier molecular flexibility index (Phi) is 7.75. The topological polar surface area (TPSA) is 83.4 Å². The van der Waals surface area contributed by atoms with Gasteiger partial charge in [-0.15, -0.1) is 11.3 Å². The van der Waals surface area contributed by atoms with Crippen LogP contribution in [0.5, 0.6) is 0 Å². The van der Waals surface area contributed by atoms with Crippen LogP contribution in [0.15, 0.2) is 54.3 Å². The van der Waals surface area contributed by atoms with Crippen molar-refractivity contribution < 1.29 is 18.4 Å². The highest BCUT2D eigenvalue weighted by molar-refractivity contribution is 7.13. The molecule has 0 saturated carbocycles. The highest BCUT2D eigenvalue weighted by Gasteiger charge is 2.42. The predicted molar refractivity (Wildman–Crippen MR) is 165 cm³/mol. The van der Waals surface area contributed by atoms with E-state index in [1.807, 2.05) is 16.7 Å². The Balaban J connectivity index is 1.13. The fourth-order valence-corrected chi connectivity index (χ4v) is 7.45. The summed E-state index contributed by atoms with van der Waals surface area (Å²) in [5, 5.41) is 5.02. The highest BCUT2D eigenvalue weighted by atomic mass is 32.1. The van der Waals surface area contributed by atoms with Crippen LogP contribution in [-0.4, -0.2) is 62.0 Å². The van der Waals surface area contributed by atoms with Gasteiger partial charge >= 0.3 is 0 Å². The average Bonchev–Trinajstić information content (AvgIpc) is 3.82. The smallest absolute Gasteiger partial charge is 0.255 e. The predicted octanol–water partition coefficient (Wildman–Crippen LogP) is 5.97. The summed E-state index contributed by atoms with van der Waals surface area (Å²) in [4.78, 5) is 40.0. The normalized spacial score (nSPS) is 18.3. The number of carbonyl (C=O) groups excluding carboxylic acids is 2. The number of nitrogens with one attached hydrogen (secondary N) is 1. The highest BCUT2D eigenvalue weighted by Crippen LogP contribution is 2.38. The van der Waals surface area contributed by atoms with Crippen LogP contribution in [0.3, 0.4) is 0 Å². The number of anilines is 1. The molecule has 44 heavy (non-hydrogen) atoms. The molecule has 4 aromatic rings. The van der Waals surface area contributed by atoms with Crippen molar-refractivity contribution in [3.05, 3.63) is 88.2 Å². The SMILES string of the molecule is CC(F)CN1CCC(c2ccc(-c3cc(F)c4c(c3)C(=O)N(C(C(=O)Nc3nccs3)c3ncn5c3CCC5)C4)cc2)CC1. The summed E-state index contributed by atoms with van der Waals surface area (Å²) in [6.07, 6.45) is 6.13. The minimum absolute atomic E-state index is 0.0264. The number of fused-ring (bicyclic) bond motifs is 2. The lowest BCUT2D eigenvalue weighted by atomic mass is 9.88. The molecule has 2 aromatic carbocycles. The first kappa shape index (κ1) is 28.8. The number of hydrogen-bond acceptors (Lipinski definition) is 6. The summed E-state index contributed by atoms with van der Waals surface area (Å²) in [5.74, 6) is -0.887. The van der Waals surface area contributed by atoms with Gasteiger partial charge in [-0.25, -0.2) is 18.7 Å². The van der Waals surface area contributed by atoms with Crippen LogP contribution < -0.4 is 5.32 Å². The minimum atomic E-state index is -1.02. The van der Waals surface area contributed by atoms with E-state index in [1.165, 1.54) is 27.9 Å². The fraction of sp³-hybridized carbons (Fsp3) is 0.394. The van der Waals surface area contributed by atoms with E-state index in [9.17, 15) is 14.0 Å². The summed E-state index contributed by atoms with van der Waals surface area (Å²) >= 11 is 1.29. The van der Waals surface area contributed by atoms with Crippen LogP contribution in [0.25, 0.3) is 11.1 Å². The Hall–Kier alpha value is -3.96. The number of benzene rings is 2. The quantitative estimate of drug-likeness (QED) is 0.264. The van der Waals surface area contributed by atoms with Crippen LogP contribution >= 0.6 is 11.3 Å². The second kappa shape index (κ2) is 11.9. The number of imidazole rings is 1. The molecule has 1 N–H and O–H groups in total. The first-order chi connectivity index (χ1) is 21.4. The van der Waals surface area contributed by atoms with Gasteiger partial charge in [0.15, 0.2) is 11.2 Å². The van der Waals surface area contributed by atoms with Crippen LogP contribution in [0.1, 0.15) is 71.0 Å². The maximum atomic E-state index is 15.7. The van der Waals surface area contributed by atoms with E-state index in [0.29, 0.717) is 28.9 Å². The van der Waals surface area contributed by atoms with E-state index < -0.39 is 29.8 Å². The molecule has 5 heterocycles. The van der Waals surface area contributed by atoms with Gasteiger partial charge in [-0.3, -0.25) is 14.9 Å². The molecule has 0 spiro atoms. The maximum absolute atomic E-state index is 15.7. The van der Waals surface area contributed by atoms with Crippen molar-refractivity contribution in [3.8, 4) is 11.1 Å². The van der Waals surface area contributed by atoms with Crippen molar-refractivity contribution in [2.75, 3.05) is 25.0 Å². The lowest BCUT2D eigenvalue weighted by molar-refractivity contribution is -0.121. The van der Waals surface area contributed by atoms with Crippen molar-refractivity contribution in [2.45, 2.75) is 63.8 Å². The Bertz CT molecular complexity index is 1680. The molecule has 7 rings (SSSR count). The number of carbonyl (C=O) groups is 2. The maximum Gasteiger partial charge on any atom is 0.255 e. The first-order valence-corrected chi connectivity index (χ1v) is 16.1. The van der Waals surface area contributed by atoms with Crippen molar-refractivity contribution in [2.24, 2.45) is 0 Å². The Labute approximate surface area is 258 Å². The monoisotopic (exact) mass is 616 g/mol. The van der Waals surface area contributed by atoms with Crippen LogP contribution in [0, 0.1) is 5.82 Å². The van der Waals surface area contributed by atoms with Crippen molar-refractivity contribution in [1.82, 2.24) is 24.3 Å². The molecule has 2 amide bonds. The minimum Gasteiger partial charge on any atom is -0.334 e. The molecule has 1 fully saturated rings. The lowest BCUT2D eigenvalue weighted by Crippen LogP contribution is -2.38.